The summed E-state index contributed by atoms with van der Waals surface area (Å²) in [6.45, 7) is 4.17. The predicted molar refractivity (Wildman–Crippen MR) is 86.2 cm³/mol. The number of carbonyl (C=O) groups excluding carboxylic acids is 1. The molecule has 114 valence electrons. The number of carbonyl (C=O) groups is 1. The van der Waals surface area contributed by atoms with Crippen LogP contribution in [0.15, 0.2) is 36.4 Å². The second-order valence-corrected chi connectivity index (χ2v) is 5.76. The Kier molecular flexibility index (Phi) is 3.84. The van der Waals surface area contributed by atoms with Crippen LogP contribution in [0.2, 0.25) is 0 Å². The van der Waals surface area contributed by atoms with Crippen molar-refractivity contribution >= 4 is 17.7 Å². The standard InChI is InChI=1S/C18H19FN2O/c1-12-10-14(13(2)21(12)17-7-8-17)6-9-18(22)20-16-5-3-4-15(19)11-16/h3-6,9-11,17H,7-8H2,1-2H3,(H,20,22)/b9-6+. The summed E-state index contributed by atoms with van der Waals surface area (Å²) in [6, 6.07) is 8.59. The summed E-state index contributed by atoms with van der Waals surface area (Å²) >= 11 is 0. The zero-order valence-corrected chi connectivity index (χ0v) is 12.8. The number of anilines is 1. The van der Waals surface area contributed by atoms with Gasteiger partial charge in [-0.25, -0.2) is 4.39 Å². The lowest BCUT2D eigenvalue weighted by Crippen LogP contribution is -2.07. The molecule has 22 heavy (non-hydrogen) atoms. The number of halogens is 1. The Morgan fingerprint density at radius 3 is 2.77 bits per heavy atom. The third kappa shape index (κ3) is 3.11. The minimum absolute atomic E-state index is 0.262. The highest BCUT2D eigenvalue weighted by Crippen LogP contribution is 2.38. The van der Waals surface area contributed by atoms with Crippen molar-refractivity contribution in [2.75, 3.05) is 5.32 Å². The fourth-order valence-corrected chi connectivity index (χ4v) is 2.78. The largest absolute Gasteiger partial charge is 0.346 e. The molecule has 4 heteroatoms. The van der Waals surface area contributed by atoms with Gasteiger partial charge < -0.3 is 9.88 Å². The Morgan fingerprint density at radius 2 is 2.09 bits per heavy atom. The highest BCUT2D eigenvalue weighted by atomic mass is 19.1. The van der Waals surface area contributed by atoms with Crippen LogP contribution in [0.25, 0.3) is 6.08 Å². The summed E-state index contributed by atoms with van der Waals surface area (Å²) in [7, 11) is 0. The van der Waals surface area contributed by atoms with E-state index in [9.17, 15) is 9.18 Å². The fourth-order valence-electron chi connectivity index (χ4n) is 2.78. The number of aryl methyl sites for hydroxylation is 1. The van der Waals surface area contributed by atoms with Crippen LogP contribution in [0.1, 0.15) is 35.8 Å². The molecular formula is C18H19FN2O. The molecule has 1 aliphatic carbocycles. The SMILES string of the molecule is Cc1cc(/C=C/C(=O)Nc2cccc(F)c2)c(C)n1C1CC1. The van der Waals surface area contributed by atoms with Crippen molar-refractivity contribution in [3.8, 4) is 0 Å². The second kappa shape index (κ2) is 5.79. The van der Waals surface area contributed by atoms with Gasteiger partial charge in [-0.05, 0) is 62.6 Å². The van der Waals surface area contributed by atoms with Gasteiger partial charge in [0, 0.05) is 29.2 Å². The lowest BCUT2D eigenvalue weighted by atomic mass is 10.2. The number of rotatable bonds is 4. The molecule has 0 radical (unpaired) electrons. The molecular weight excluding hydrogens is 279 g/mol. The molecule has 1 N–H and O–H groups in total. The molecule has 0 saturated heterocycles. The number of amides is 1. The summed E-state index contributed by atoms with van der Waals surface area (Å²) in [4.78, 5) is 11.9. The summed E-state index contributed by atoms with van der Waals surface area (Å²) in [5, 5.41) is 2.66. The molecule has 0 bridgehead atoms. The van der Waals surface area contributed by atoms with E-state index in [-0.39, 0.29) is 11.7 Å². The number of aromatic nitrogens is 1. The average Bonchev–Trinajstić information content (AvgIpc) is 3.24. The van der Waals surface area contributed by atoms with E-state index >= 15 is 0 Å². The maximum Gasteiger partial charge on any atom is 0.248 e. The van der Waals surface area contributed by atoms with Crippen molar-refractivity contribution in [1.29, 1.82) is 0 Å². The van der Waals surface area contributed by atoms with Gasteiger partial charge >= 0.3 is 0 Å². The van der Waals surface area contributed by atoms with Crippen molar-refractivity contribution in [2.45, 2.75) is 32.7 Å². The lowest BCUT2D eigenvalue weighted by molar-refractivity contribution is -0.111. The molecule has 1 aromatic carbocycles. The molecule has 0 atom stereocenters. The second-order valence-electron chi connectivity index (χ2n) is 5.76. The summed E-state index contributed by atoms with van der Waals surface area (Å²) in [6.07, 6.45) is 5.78. The Hall–Kier alpha value is -2.36. The number of hydrogen-bond donors (Lipinski definition) is 1. The molecule has 3 rings (SSSR count). The van der Waals surface area contributed by atoms with Crippen LogP contribution < -0.4 is 5.32 Å². The molecule has 1 saturated carbocycles. The van der Waals surface area contributed by atoms with Crippen LogP contribution >= 0.6 is 0 Å². The lowest BCUT2D eigenvalue weighted by Gasteiger charge is -2.06. The first-order valence-corrected chi connectivity index (χ1v) is 7.47. The third-order valence-electron chi connectivity index (χ3n) is 3.94. The van der Waals surface area contributed by atoms with E-state index in [1.54, 1.807) is 12.1 Å². The number of nitrogens with one attached hydrogen (secondary N) is 1. The highest BCUT2D eigenvalue weighted by molar-refractivity contribution is 6.02. The maximum absolute atomic E-state index is 13.1. The Bertz CT molecular complexity index is 742. The highest BCUT2D eigenvalue weighted by Gasteiger charge is 2.26. The van der Waals surface area contributed by atoms with Gasteiger partial charge in [0.05, 0.1) is 0 Å². The number of nitrogens with zero attached hydrogens (tertiary/aromatic N) is 1. The fraction of sp³-hybridized carbons (Fsp3) is 0.278. The minimum Gasteiger partial charge on any atom is -0.346 e. The van der Waals surface area contributed by atoms with Gasteiger partial charge in [0.15, 0.2) is 0 Å². The summed E-state index contributed by atoms with van der Waals surface area (Å²) in [5.41, 5.74) is 3.93. The van der Waals surface area contributed by atoms with Gasteiger partial charge in [-0.3, -0.25) is 4.79 Å². The predicted octanol–water partition coefficient (Wildman–Crippen LogP) is 4.23. The number of hydrogen-bond acceptors (Lipinski definition) is 1. The molecule has 1 heterocycles. The minimum atomic E-state index is -0.366. The van der Waals surface area contributed by atoms with E-state index in [0.717, 1.165) is 5.56 Å². The third-order valence-corrected chi connectivity index (χ3v) is 3.94. The van der Waals surface area contributed by atoms with E-state index in [1.165, 1.54) is 42.4 Å². The normalized spacial score (nSPS) is 14.5. The number of benzene rings is 1. The smallest absolute Gasteiger partial charge is 0.248 e. The first-order chi connectivity index (χ1) is 10.5. The van der Waals surface area contributed by atoms with Crippen molar-refractivity contribution < 1.29 is 9.18 Å². The molecule has 1 aromatic heterocycles. The molecule has 0 aliphatic heterocycles. The summed E-state index contributed by atoms with van der Waals surface area (Å²) in [5.74, 6) is -0.628. The van der Waals surface area contributed by atoms with Crippen molar-refractivity contribution in [2.24, 2.45) is 0 Å². The van der Waals surface area contributed by atoms with Crippen LogP contribution in [0.4, 0.5) is 10.1 Å². The van der Waals surface area contributed by atoms with E-state index in [1.807, 2.05) is 6.08 Å². The van der Waals surface area contributed by atoms with Gasteiger partial charge in [-0.1, -0.05) is 6.07 Å². The molecule has 2 aromatic rings. The van der Waals surface area contributed by atoms with Crippen molar-refractivity contribution in [3.63, 3.8) is 0 Å². The Balaban J connectivity index is 1.71. The van der Waals surface area contributed by atoms with Gasteiger partial charge in [0.1, 0.15) is 5.82 Å². The van der Waals surface area contributed by atoms with Crippen LogP contribution in [0.5, 0.6) is 0 Å². The summed E-state index contributed by atoms with van der Waals surface area (Å²) < 4.78 is 15.4. The average molecular weight is 298 g/mol. The van der Waals surface area contributed by atoms with Gasteiger partial charge in [0.25, 0.3) is 0 Å². The van der Waals surface area contributed by atoms with E-state index in [4.69, 9.17) is 0 Å². The van der Waals surface area contributed by atoms with Gasteiger partial charge in [-0.15, -0.1) is 0 Å². The molecule has 1 fully saturated rings. The quantitative estimate of drug-likeness (QED) is 0.842. The zero-order chi connectivity index (χ0) is 15.7. The van der Waals surface area contributed by atoms with E-state index in [2.05, 4.69) is 29.8 Å². The molecule has 3 nitrogen and oxygen atoms in total. The molecule has 1 aliphatic rings. The Morgan fingerprint density at radius 1 is 1.32 bits per heavy atom. The van der Waals surface area contributed by atoms with Crippen LogP contribution in [-0.4, -0.2) is 10.5 Å². The van der Waals surface area contributed by atoms with Gasteiger partial charge in [0.2, 0.25) is 5.91 Å². The van der Waals surface area contributed by atoms with E-state index < -0.39 is 0 Å². The first kappa shape index (κ1) is 14.6. The van der Waals surface area contributed by atoms with Crippen LogP contribution in [0, 0.1) is 19.7 Å². The zero-order valence-electron chi connectivity index (χ0n) is 12.8. The topological polar surface area (TPSA) is 34.0 Å². The first-order valence-electron chi connectivity index (χ1n) is 7.47. The van der Waals surface area contributed by atoms with Crippen LogP contribution in [-0.2, 0) is 4.79 Å². The molecule has 0 spiro atoms. The van der Waals surface area contributed by atoms with Crippen molar-refractivity contribution in [3.05, 3.63) is 59.2 Å². The molecule has 0 unspecified atom stereocenters. The Labute approximate surface area is 129 Å². The monoisotopic (exact) mass is 298 g/mol. The molecule has 1 amide bonds. The maximum atomic E-state index is 13.1. The van der Waals surface area contributed by atoms with E-state index in [0.29, 0.717) is 11.7 Å². The van der Waals surface area contributed by atoms with Gasteiger partial charge in [-0.2, -0.15) is 0 Å². The van der Waals surface area contributed by atoms with Crippen molar-refractivity contribution in [1.82, 2.24) is 4.57 Å². The van der Waals surface area contributed by atoms with Crippen LogP contribution in [0.3, 0.4) is 0 Å².